The summed E-state index contributed by atoms with van der Waals surface area (Å²) in [5.41, 5.74) is 8.97. The van der Waals surface area contributed by atoms with Gasteiger partial charge in [0, 0.05) is 33.1 Å². The molecule has 1 aromatic heterocycles. The van der Waals surface area contributed by atoms with Crippen molar-refractivity contribution in [1.82, 2.24) is 4.57 Å². The average Bonchev–Trinajstić information content (AvgIpc) is 3.42. The van der Waals surface area contributed by atoms with Gasteiger partial charge in [-0.3, -0.25) is 0 Å². The van der Waals surface area contributed by atoms with E-state index in [1.807, 2.05) is 6.07 Å². The van der Waals surface area contributed by atoms with E-state index in [4.69, 9.17) is 4.74 Å². The summed E-state index contributed by atoms with van der Waals surface area (Å²) in [6, 6.07) is 55.8. The molecule has 0 spiro atoms. The van der Waals surface area contributed by atoms with E-state index in [0.29, 0.717) is 0 Å². The third kappa shape index (κ3) is 3.55. The third-order valence-electron chi connectivity index (χ3n) is 8.57. The summed E-state index contributed by atoms with van der Waals surface area (Å²) in [5, 5.41) is 4.78. The van der Waals surface area contributed by atoms with Gasteiger partial charge in [-0.2, -0.15) is 0 Å². The van der Waals surface area contributed by atoms with E-state index in [-0.39, 0.29) is 0 Å². The van der Waals surface area contributed by atoms with Crippen molar-refractivity contribution in [3.63, 3.8) is 0 Å². The molecule has 7 aromatic carbocycles. The minimum absolute atomic E-state index is 0.866. The van der Waals surface area contributed by atoms with Gasteiger partial charge in [-0.15, -0.1) is 0 Å². The minimum atomic E-state index is 0.866. The zero-order valence-corrected chi connectivity index (χ0v) is 23.3. The van der Waals surface area contributed by atoms with Crippen molar-refractivity contribution < 1.29 is 4.74 Å². The molecular formula is C40H26N2O. The second-order valence-electron chi connectivity index (χ2n) is 10.9. The molecule has 0 unspecified atom stereocenters. The van der Waals surface area contributed by atoms with Crippen LogP contribution < -0.4 is 9.64 Å². The van der Waals surface area contributed by atoms with Gasteiger partial charge in [0.15, 0.2) is 11.5 Å². The Balaban J connectivity index is 1.32. The fourth-order valence-electron chi connectivity index (χ4n) is 6.73. The second-order valence-corrected chi connectivity index (χ2v) is 10.9. The summed E-state index contributed by atoms with van der Waals surface area (Å²) in [5.74, 6) is 1.76. The van der Waals surface area contributed by atoms with Crippen LogP contribution in [-0.2, 0) is 0 Å². The maximum atomic E-state index is 6.80. The van der Waals surface area contributed by atoms with Crippen molar-refractivity contribution in [2.45, 2.75) is 0 Å². The lowest BCUT2D eigenvalue weighted by Gasteiger charge is -2.28. The lowest BCUT2D eigenvalue weighted by molar-refractivity contribution is 0.478. The number of hydrogen-bond donors (Lipinski definition) is 0. The first-order valence-corrected chi connectivity index (χ1v) is 14.6. The predicted molar refractivity (Wildman–Crippen MR) is 178 cm³/mol. The molecule has 202 valence electrons. The van der Waals surface area contributed by atoms with Gasteiger partial charge in [-0.1, -0.05) is 103 Å². The molecule has 0 saturated carbocycles. The molecule has 9 rings (SSSR count). The fraction of sp³-hybridized carbons (Fsp3) is 0. The Morgan fingerprint density at radius 2 is 1.05 bits per heavy atom. The first-order chi connectivity index (χ1) is 21.4. The number of benzene rings is 7. The van der Waals surface area contributed by atoms with E-state index in [1.54, 1.807) is 0 Å². The van der Waals surface area contributed by atoms with Crippen LogP contribution in [0.5, 0.6) is 11.5 Å². The van der Waals surface area contributed by atoms with E-state index in [9.17, 15) is 0 Å². The highest BCUT2D eigenvalue weighted by Gasteiger charge is 2.27. The SMILES string of the molecule is c1ccc(N(c2ccccc2)c2ccc(-c3ccc4c5ccccc5n5c4c3Oc3ccccc3-5)c3ccccc23)cc1. The number of anilines is 3. The number of hydrogen-bond acceptors (Lipinski definition) is 2. The van der Waals surface area contributed by atoms with Crippen LogP contribution in [0.4, 0.5) is 17.1 Å². The molecule has 0 saturated heterocycles. The van der Waals surface area contributed by atoms with E-state index in [2.05, 4.69) is 161 Å². The van der Waals surface area contributed by atoms with Crippen LogP contribution in [0.2, 0.25) is 0 Å². The number of fused-ring (bicyclic) bond motifs is 6. The van der Waals surface area contributed by atoms with Gasteiger partial charge in [0.05, 0.1) is 22.4 Å². The van der Waals surface area contributed by atoms with Gasteiger partial charge < -0.3 is 14.2 Å². The van der Waals surface area contributed by atoms with Crippen molar-refractivity contribution in [2.24, 2.45) is 0 Å². The molecule has 0 bridgehead atoms. The molecule has 8 aromatic rings. The van der Waals surface area contributed by atoms with Crippen molar-refractivity contribution in [3.05, 3.63) is 158 Å². The maximum absolute atomic E-state index is 6.80. The number of aromatic nitrogens is 1. The fourth-order valence-corrected chi connectivity index (χ4v) is 6.73. The van der Waals surface area contributed by atoms with Gasteiger partial charge in [0.2, 0.25) is 0 Å². The van der Waals surface area contributed by atoms with Crippen LogP contribution in [0.1, 0.15) is 0 Å². The highest BCUT2D eigenvalue weighted by Crippen LogP contribution is 2.51. The van der Waals surface area contributed by atoms with Crippen LogP contribution >= 0.6 is 0 Å². The Morgan fingerprint density at radius 3 is 1.81 bits per heavy atom. The van der Waals surface area contributed by atoms with Crippen molar-refractivity contribution >= 4 is 49.6 Å². The van der Waals surface area contributed by atoms with E-state index < -0.39 is 0 Å². The van der Waals surface area contributed by atoms with E-state index >= 15 is 0 Å². The maximum Gasteiger partial charge on any atom is 0.160 e. The number of para-hydroxylation sites is 5. The van der Waals surface area contributed by atoms with Crippen LogP contribution in [0, 0.1) is 0 Å². The molecule has 3 heteroatoms. The van der Waals surface area contributed by atoms with E-state index in [0.717, 1.165) is 50.9 Å². The van der Waals surface area contributed by atoms with Gasteiger partial charge in [0.1, 0.15) is 0 Å². The summed E-state index contributed by atoms with van der Waals surface area (Å²) in [4.78, 5) is 2.34. The molecule has 1 aliphatic rings. The quantitative estimate of drug-likeness (QED) is 0.217. The lowest BCUT2D eigenvalue weighted by atomic mass is 9.94. The summed E-state index contributed by atoms with van der Waals surface area (Å²) in [7, 11) is 0. The van der Waals surface area contributed by atoms with Crippen LogP contribution in [-0.4, -0.2) is 4.57 Å². The Bertz CT molecular complexity index is 2280. The molecule has 43 heavy (non-hydrogen) atoms. The molecular weight excluding hydrogens is 524 g/mol. The summed E-state index contributed by atoms with van der Waals surface area (Å²) < 4.78 is 9.17. The van der Waals surface area contributed by atoms with Crippen LogP contribution in [0.3, 0.4) is 0 Å². The molecule has 0 aliphatic carbocycles. The van der Waals surface area contributed by atoms with Gasteiger partial charge in [0.25, 0.3) is 0 Å². The zero-order valence-electron chi connectivity index (χ0n) is 23.3. The predicted octanol–water partition coefficient (Wildman–Crippen LogP) is 11.2. The van der Waals surface area contributed by atoms with Crippen molar-refractivity contribution in [1.29, 1.82) is 0 Å². The van der Waals surface area contributed by atoms with Crippen LogP contribution in [0.15, 0.2) is 158 Å². The average molecular weight is 551 g/mol. The van der Waals surface area contributed by atoms with E-state index in [1.165, 1.54) is 27.1 Å². The molecule has 0 N–H and O–H groups in total. The molecule has 1 aliphatic heterocycles. The summed E-state index contributed by atoms with van der Waals surface area (Å²) >= 11 is 0. The summed E-state index contributed by atoms with van der Waals surface area (Å²) in [6.07, 6.45) is 0. The highest BCUT2D eigenvalue weighted by atomic mass is 16.5. The first-order valence-electron chi connectivity index (χ1n) is 14.6. The Hall–Kier alpha value is -5.80. The first kappa shape index (κ1) is 23.9. The molecule has 0 radical (unpaired) electrons. The Labute approximate surface area is 249 Å². The Morgan fingerprint density at radius 1 is 0.442 bits per heavy atom. The smallest absolute Gasteiger partial charge is 0.160 e. The zero-order chi connectivity index (χ0) is 28.3. The third-order valence-corrected chi connectivity index (χ3v) is 8.57. The second kappa shape index (κ2) is 9.37. The van der Waals surface area contributed by atoms with Gasteiger partial charge in [-0.25, -0.2) is 0 Å². The van der Waals surface area contributed by atoms with Gasteiger partial charge in [-0.05, 0) is 65.5 Å². The normalized spacial score (nSPS) is 11.9. The van der Waals surface area contributed by atoms with Crippen molar-refractivity contribution in [3.8, 4) is 28.3 Å². The monoisotopic (exact) mass is 550 g/mol. The number of ether oxygens (including phenoxy) is 1. The molecule has 3 nitrogen and oxygen atoms in total. The number of rotatable bonds is 4. The molecule has 0 amide bonds. The summed E-state index contributed by atoms with van der Waals surface area (Å²) in [6.45, 7) is 0. The topological polar surface area (TPSA) is 17.4 Å². The largest absolute Gasteiger partial charge is 0.452 e. The van der Waals surface area contributed by atoms with Crippen LogP contribution in [0.25, 0.3) is 49.4 Å². The standard InChI is InChI=1S/C40H26N2O/c1-3-13-27(14-4-1)41(28-15-5-2-6-16-28)36-26-25-30(29-17-7-8-18-31(29)36)34-24-23-33-32-19-9-10-20-35(32)42-37-21-11-12-22-38(37)43-40(34)39(33)42/h1-26H. The minimum Gasteiger partial charge on any atom is -0.452 e. The molecule has 0 fully saturated rings. The molecule has 0 atom stereocenters. The molecule has 2 heterocycles. The van der Waals surface area contributed by atoms with Gasteiger partial charge >= 0.3 is 0 Å². The lowest BCUT2D eigenvalue weighted by Crippen LogP contribution is -2.10. The Kier molecular flexibility index (Phi) is 5.20. The van der Waals surface area contributed by atoms with Crippen molar-refractivity contribution in [2.75, 3.05) is 4.90 Å². The highest BCUT2D eigenvalue weighted by molar-refractivity contribution is 6.15. The number of nitrogens with zero attached hydrogens (tertiary/aromatic N) is 2.